The van der Waals surface area contributed by atoms with Gasteiger partial charge in [-0.05, 0) is 24.3 Å². The first kappa shape index (κ1) is 16.3. The minimum atomic E-state index is -0.150. The molecule has 4 aromatic rings. The van der Waals surface area contributed by atoms with Crippen molar-refractivity contribution in [1.29, 1.82) is 0 Å². The molecule has 2 heterocycles. The Morgan fingerprint density at radius 1 is 0.962 bits per heavy atom. The third-order valence-electron chi connectivity index (χ3n) is 3.71. The fraction of sp³-hybridized carbons (Fsp3) is 0.0526. The van der Waals surface area contributed by atoms with E-state index in [4.69, 9.17) is 0 Å². The number of anilines is 1. The van der Waals surface area contributed by atoms with Gasteiger partial charge in [0.05, 0.1) is 22.5 Å². The van der Waals surface area contributed by atoms with E-state index in [2.05, 4.69) is 25.5 Å². The van der Waals surface area contributed by atoms with Gasteiger partial charge in [-0.1, -0.05) is 54.2 Å². The van der Waals surface area contributed by atoms with Gasteiger partial charge in [-0.2, -0.15) is 0 Å². The Morgan fingerprint density at radius 2 is 1.77 bits per heavy atom. The van der Waals surface area contributed by atoms with Crippen molar-refractivity contribution < 1.29 is 4.79 Å². The third-order valence-corrected chi connectivity index (χ3v) is 4.63. The van der Waals surface area contributed by atoms with Crippen molar-refractivity contribution in [1.82, 2.24) is 20.2 Å². The zero-order valence-corrected chi connectivity index (χ0v) is 14.5. The van der Waals surface area contributed by atoms with Crippen LogP contribution < -0.4 is 5.32 Å². The van der Waals surface area contributed by atoms with Gasteiger partial charge in [0, 0.05) is 5.56 Å². The Morgan fingerprint density at radius 3 is 2.54 bits per heavy atom. The Labute approximate surface area is 154 Å². The van der Waals surface area contributed by atoms with Gasteiger partial charge in [0.1, 0.15) is 5.03 Å². The van der Waals surface area contributed by atoms with Crippen LogP contribution in [0.15, 0.2) is 71.8 Å². The standard InChI is InChI=1S/C19H15N5OS/c25-17(22-19-20-15-8-4-5-9-16(15)21-19)12-26-18-11-10-14(23-24-18)13-6-2-1-3-7-13/h1-11H,12H2,(H2,20,21,22,25). The molecule has 1 amide bonds. The summed E-state index contributed by atoms with van der Waals surface area (Å²) in [6.45, 7) is 0. The first-order valence-electron chi connectivity index (χ1n) is 8.04. The normalized spacial score (nSPS) is 10.8. The average molecular weight is 361 g/mol. The molecule has 0 unspecified atom stereocenters. The highest BCUT2D eigenvalue weighted by atomic mass is 32.2. The minimum Gasteiger partial charge on any atom is -0.324 e. The van der Waals surface area contributed by atoms with Crippen molar-refractivity contribution in [2.75, 3.05) is 11.1 Å². The number of thioether (sulfide) groups is 1. The average Bonchev–Trinajstić information content (AvgIpc) is 3.09. The summed E-state index contributed by atoms with van der Waals surface area (Å²) in [6.07, 6.45) is 0. The van der Waals surface area contributed by atoms with Crippen molar-refractivity contribution >= 4 is 34.7 Å². The summed E-state index contributed by atoms with van der Waals surface area (Å²) >= 11 is 1.33. The second-order valence-electron chi connectivity index (χ2n) is 5.56. The van der Waals surface area contributed by atoms with E-state index in [0.717, 1.165) is 22.3 Å². The number of hydrogen-bond acceptors (Lipinski definition) is 5. The van der Waals surface area contributed by atoms with E-state index < -0.39 is 0 Å². The molecule has 0 bridgehead atoms. The fourth-order valence-electron chi connectivity index (χ4n) is 2.48. The van der Waals surface area contributed by atoms with Crippen molar-refractivity contribution in [2.24, 2.45) is 0 Å². The Hall–Kier alpha value is -3.19. The number of amides is 1. The van der Waals surface area contributed by atoms with Gasteiger partial charge >= 0.3 is 0 Å². The summed E-state index contributed by atoms with van der Waals surface area (Å²) in [5.74, 6) is 0.529. The predicted molar refractivity (Wildman–Crippen MR) is 103 cm³/mol. The lowest BCUT2D eigenvalue weighted by Crippen LogP contribution is -2.15. The van der Waals surface area contributed by atoms with Crippen LogP contribution in [0.25, 0.3) is 22.3 Å². The van der Waals surface area contributed by atoms with Crippen LogP contribution >= 0.6 is 11.8 Å². The molecule has 0 aliphatic rings. The Kier molecular flexibility index (Phi) is 4.61. The van der Waals surface area contributed by atoms with Crippen LogP contribution in [-0.4, -0.2) is 31.8 Å². The Balaban J connectivity index is 1.35. The van der Waals surface area contributed by atoms with E-state index in [1.807, 2.05) is 66.7 Å². The van der Waals surface area contributed by atoms with E-state index >= 15 is 0 Å². The van der Waals surface area contributed by atoms with Crippen LogP contribution in [0.1, 0.15) is 0 Å². The molecule has 2 aromatic heterocycles. The summed E-state index contributed by atoms with van der Waals surface area (Å²) in [5.41, 5.74) is 3.52. The lowest BCUT2D eigenvalue weighted by Gasteiger charge is -2.03. The largest absolute Gasteiger partial charge is 0.324 e. The van der Waals surface area contributed by atoms with E-state index in [1.54, 1.807) is 0 Å². The molecular weight excluding hydrogens is 346 g/mol. The number of fused-ring (bicyclic) bond motifs is 1. The molecule has 128 valence electrons. The molecule has 0 atom stereocenters. The number of benzene rings is 2. The first-order chi connectivity index (χ1) is 12.8. The maximum Gasteiger partial charge on any atom is 0.237 e. The number of H-pyrrole nitrogens is 1. The lowest BCUT2D eigenvalue weighted by atomic mass is 10.1. The number of aromatic amines is 1. The molecule has 0 aliphatic heterocycles. The van der Waals surface area contributed by atoms with Gasteiger partial charge in [0.15, 0.2) is 0 Å². The number of para-hydroxylation sites is 2. The summed E-state index contributed by atoms with van der Waals surface area (Å²) in [5, 5.41) is 11.9. The summed E-state index contributed by atoms with van der Waals surface area (Å²) in [7, 11) is 0. The molecule has 7 heteroatoms. The first-order valence-corrected chi connectivity index (χ1v) is 9.03. The number of hydrogen-bond donors (Lipinski definition) is 2. The van der Waals surface area contributed by atoms with Gasteiger partial charge in [-0.25, -0.2) is 4.98 Å². The monoisotopic (exact) mass is 361 g/mol. The number of nitrogens with one attached hydrogen (secondary N) is 2. The van der Waals surface area contributed by atoms with E-state index in [-0.39, 0.29) is 11.7 Å². The van der Waals surface area contributed by atoms with Crippen molar-refractivity contribution in [3.05, 3.63) is 66.7 Å². The highest BCUT2D eigenvalue weighted by Gasteiger charge is 2.08. The van der Waals surface area contributed by atoms with Gasteiger partial charge in [0.2, 0.25) is 11.9 Å². The van der Waals surface area contributed by atoms with Crippen molar-refractivity contribution in [3.63, 3.8) is 0 Å². The molecule has 26 heavy (non-hydrogen) atoms. The highest BCUT2D eigenvalue weighted by Crippen LogP contribution is 2.20. The quantitative estimate of drug-likeness (QED) is 0.529. The molecule has 0 saturated carbocycles. The second kappa shape index (κ2) is 7.37. The molecule has 0 radical (unpaired) electrons. The SMILES string of the molecule is O=C(CSc1ccc(-c2ccccc2)nn1)Nc1nc2ccccc2[nH]1. The van der Waals surface area contributed by atoms with E-state index in [0.29, 0.717) is 11.0 Å². The van der Waals surface area contributed by atoms with Crippen LogP contribution in [0.2, 0.25) is 0 Å². The van der Waals surface area contributed by atoms with Gasteiger partial charge in [-0.3, -0.25) is 10.1 Å². The number of carbonyl (C=O) groups excluding carboxylic acids is 1. The minimum absolute atomic E-state index is 0.150. The molecular formula is C19H15N5OS. The lowest BCUT2D eigenvalue weighted by molar-refractivity contribution is -0.113. The number of rotatable bonds is 5. The molecule has 2 aromatic carbocycles. The van der Waals surface area contributed by atoms with Crippen LogP contribution in [0.4, 0.5) is 5.95 Å². The molecule has 0 spiro atoms. The summed E-state index contributed by atoms with van der Waals surface area (Å²) in [6, 6.07) is 21.2. The third kappa shape index (κ3) is 3.73. The molecule has 6 nitrogen and oxygen atoms in total. The smallest absolute Gasteiger partial charge is 0.237 e. The van der Waals surface area contributed by atoms with Crippen molar-refractivity contribution in [2.45, 2.75) is 5.03 Å². The Bertz CT molecular complexity index is 998. The number of imidazole rings is 1. The van der Waals surface area contributed by atoms with Crippen LogP contribution in [0.3, 0.4) is 0 Å². The number of nitrogens with zero attached hydrogens (tertiary/aromatic N) is 3. The van der Waals surface area contributed by atoms with E-state index in [9.17, 15) is 4.79 Å². The van der Waals surface area contributed by atoms with Crippen LogP contribution in [0.5, 0.6) is 0 Å². The van der Waals surface area contributed by atoms with Gasteiger partial charge in [0.25, 0.3) is 0 Å². The molecule has 0 fully saturated rings. The van der Waals surface area contributed by atoms with Crippen LogP contribution in [0, 0.1) is 0 Å². The summed E-state index contributed by atoms with van der Waals surface area (Å²) < 4.78 is 0. The highest BCUT2D eigenvalue weighted by molar-refractivity contribution is 7.99. The molecule has 0 aliphatic carbocycles. The zero-order valence-electron chi connectivity index (χ0n) is 13.7. The molecule has 2 N–H and O–H groups in total. The second-order valence-corrected chi connectivity index (χ2v) is 6.56. The van der Waals surface area contributed by atoms with E-state index in [1.165, 1.54) is 11.8 Å². The van der Waals surface area contributed by atoms with Crippen molar-refractivity contribution in [3.8, 4) is 11.3 Å². The number of carbonyl (C=O) groups is 1. The molecule has 4 rings (SSSR count). The maximum atomic E-state index is 12.1. The van der Waals surface area contributed by atoms with Gasteiger partial charge in [-0.15, -0.1) is 10.2 Å². The molecule has 0 saturated heterocycles. The van der Waals surface area contributed by atoms with Gasteiger partial charge < -0.3 is 4.98 Å². The topological polar surface area (TPSA) is 83.6 Å². The zero-order chi connectivity index (χ0) is 17.8. The maximum absolute atomic E-state index is 12.1. The fourth-order valence-corrected chi connectivity index (χ4v) is 3.09. The van der Waals surface area contributed by atoms with Crippen LogP contribution in [-0.2, 0) is 4.79 Å². The predicted octanol–water partition coefficient (Wildman–Crippen LogP) is 3.75. The number of aromatic nitrogens is 4. The summed E-state index contributed by atoms with van der Waals surface area (Å²) in [4.78, 5) is 19.5.